The molecular weight excluding hydrogens is 328 g/mol. The second kappa shape index (κ2) is 6.76. The highest BCUT2D eigenvalue weighted by Gasteiger charge is 2.22. The van der Waals surface area contributed by atoms with E-state index >= 15 is 0 Å². The zero-order valence-corrected chi connectivity index (χ0v) is 13.9. The summed E-state index contributed by atoms with van der Waals surface area (Å²) in [4.78, 5) is 16.5. The van der Waals surface area contributed by atoms with Crippen molar-refractivity contribution in [2.24, 2.45) is 4.99 Å². The Morgan fingerprint density at radius 3 is 2.54 bits per heavy atom. The molecule has 2 aromatic carbocycles. The average molecular weight is 343 g/mol. The van der Waals surface area contributed by atoms with Crippen molar-refractivity contribution in [2.75, 3.05) is 14.2 Å². The number of ether oxygens (including phenoxy) is 2. The Morgan fingerprint density at radius 1 is 1.08 bits per heavy atom. The molecule has 0 atom stereocenters. The highest BCUT2D eigenvalue weighted by Crippen LogP contribution is 2.28. The number of hydrogen-bond acceptors (Lipinski definition) is 4. The number of amidine groups is 1. The van der Waals surface area contributed by atoms with E-state index in [2.05, 4.69) is 10.3 Å². The minimum absolute atomic E-state index is 0.278. The molecule has 6 heteroatoms. The van der Waals surface area contributed by atoms with Gasteiger partial charge in [0, 0.05) is 10.6 Å². The monoisotopic (exact) mass is 342 g/mol. The second-order valence-electron chi connectivity index (χ2n) is 5.04. The van der Waals surface area contributed by atoms with Crippen LogP contribution in [0.15, 0.2) is 53.2 Å². The molecule has 1 aliphatic heterocycles. The summed E-state index contributed by atoms with van der Waals surface area (Å²) in [5.41, 5.74) is 1.76. The van der Waals surface area contributed by atoms with Gasteiger partial charge < -0.3 is 14.8 Å². The van der Waals surface area contributed by atoms with Crippen molar-refractivity contribution in [3.05, 3.63) is 64.3 Å². The smallest absolute Gasteiger partial charge is 0.275 e. The molecule has 24 heavy (non-hydrogen) atoms. The van der Waals surface area contributed by atoms with E-state index in [-0.39, 0.29) is 5.91 Å². The third-order valence-corrected chi connectivity index (χ3v) is 3.90. The standard InChI is InChI=1S/C18H15ClN2O3/c1-23-15-8-7-12(10-16(15)24-2)17-20-14(18(22)21-17)9-11-5-3-4-6-13(11)19/h3-10H,1-2H3,(H,20,21,22)/b14-9-. The third kappa shape index (κ3) is 3.12. The van der Waals surface area contributed by atoms with Gasteiger partial charge in [-0.05, 0) is 35.9 Å². The van der Waals surface area contributed by atoms with Gasteiger partial charge in [-0.2, -0.15) is 0 Å². The number of nitrogens with zero attached hydrogens (tertiary/aromatic N) is 1. The molecule has 0 fully saturated rings. The number of aliphatic imine (C=N–C) groups is 1. The lowest BCUT2D eigenvalue weighted by atomic mass is 10.2. The van der Waals surface area contributed by atoms with Gasteiger partial charge >= 0.3 is 0 Å². The molecule has 3 rings (SSSR count). The van der Waals surface area contributed by atoms with Gasteiger partial charge in [-0.1, -0.05) is 29.8 Å². The maximum Gasteiger partial charge on any atom is 0.275 e. The van der Waals surface area contributed by atoms with Crippen LogP contribution in [0.1, 0.15) is 11.1 Å². The van der Waals surface area contributed by atoms with Crippen molar-refractivity contribution >= 4 is 29.4 Å². The van der Waals surface area contributed by atoms with Gasteiger partial charge in [0.1, 0.15) is 11.5 Å². The second-order valence-corrected chi connectivity index (χ2v) is 5.44. The third-order valence-electron chi connectivity index (χ3n) is 3.55. The summed E-state index contributed by atoms with van der Waals surface area (Å²) in [6, 6.07) is 12.6. The van der Waals surface area contributed by atoms with Crippen LogP contribution < -0.4 is 14.8 Å². The van der Waals surface area contributed by atoms with Crippen LogP contribution in [0.3, 0.4) is 0 Å². The van der Waals surface area contributed by atoms with E-state index in [0.717, 1.165) is 11.1 Å². The molecule has 0 saturated heterocycles. The number of carbonyl (C=O) groups is 1. The van der Waals surface area contributed by atoms with Gasteiger partial charge in [-0.3, -0.25) is 4.79 Å². The predicted molar refractivity (Wildman–Crippen MR) is 93.7 cm³/mol. The van der Waals surface area contributed by atoms with Crippen molar-refractivity contribution in [3.8, 4) is 11.5 Å². The average Bonchev–Trinajstić information content (AvgIpc) is 2.97. The molecule has 1 N–H and O–H groups in total. The highest BCUT2D eigenvalue weighted by molar-refractivity contribution is 6.32. The fourth-order valence-electron chi connectivity index (χ4n) is 2.33. The van der Waals surface area contributed by atoms with Crippen LogP contribution in [0.25, 0.3) is 6.08 Å². The number of halogens is 1. The van der Waals surface area contributed by atoms with E-state index in [4.69, 9.17) is 21.1 Å². The van der Waals surface area contributed by atoms with Crippen LogP contribution in [0.2, 0.25) is 5.02 Å². The van der Waals surface area contributed by atoms with Crippen molar-refractivity contribution in [1.82, 2.24) is 5.32 Å². The van der Waals surface area contributed by atoms with E-state index in [1.165, 1.54) is 0 Å². The molecule has 0 aliphatic carbocycles. The van der Waals surface area contributed by atoms with Crippen LogP contribution in [-0.2, 0) is 4.79 Å². The van der Waals surface area contributed by atoms with Gasteiger partial charge in [0.15, 0.2) is 11.5 Å². The zero-order valence-electron chi connectivity index (χ0n) is 13.2. The van der Waals surface area contributed by atoms with E-state index in [1.807, 2.05) is 18.2 Å². The molecule has 1 amide bonds. The van der Waals surface area contributed by atoms with Crippen LogP contribution in [0.4, 0.5) is 0 Å². The lowest BCUT2D eigenvalue weighted by Gasteiger charge is -2.09. The van der Waals surface area contributed by atoms with Crippen LogP contribution in [0, 0.1) is 0 Å². The Morgan fingerprint density at radius 2 is 1.83 bits per heavy atom. The van der Waals surface area contributed by atoms with E-state index in [9.17, 15) is 4.79 Å². The highest BCUT2D eigenvalue weighted by atomic mass is 35.5. The number of benzene rings is 2. The van der Waals surface area contributed by atoms with Crippen molar-refractivity contribution < 1.29 is 14.3 Å². The SMILES string of the molecule is COc1ccc(C2=N/C(=C\c3ccccc3Cl)C(=O)N2)cc1OC. The summed E-state index contributed by atoms with van der Waals surface area (Å²) in [5, 5.41) is 3.31. The van der Waals surface area contributed by atoms with Crippen molar-refractivity contribution in [3.63, 3.8) is 0 Å². The summed E-state index contributed by atoms with van der Waals surface area (Å²) in [7, 11) is 3.12. The molecule has 1 aliphatic rings. The van der Waals surface area contributed by atoms with E-state index in [0.29, 0.717) is 28.1 Å². The molecule has 0 saturated carbocycles. The molecule has 0 unspecified atom stereocenters. The molecule has 5 nitrogen and oxygen atoms in total. The number of rotatable bonds is 4. The lowest BCUT2D eigenvalue weighted by Crippen LogP contribution is -2.24. The quantitative estimate of drug-likeness (QED) is 0.867. The molecular formula is C18H15ClN2O3. The minimum atomic E-state index is -0.278. The lowest BCUT2D eigenvalue weighted by molar-refractivity contribution is -0.115. The first-order chi connectivity index (χ1) is 11.6. The molecule has 0 aromatic heterocycles. The Hall–Kier alpha value is -2.79. The number of amides is 1. The van der Waals surface area contributed by atoms with E-state index in [1.54, 1.807) is 44.6 Å². The van der Waals surface area contributed by atoms with Crippen molar-refractivity contribution in [1.29, 1.82) is 0 Å². The van der Waals surface area contributed by atoms with Gasteiger partial charge in [-0.15, -0.1) is 0 Å². The summed E-state index contributed by atoms with van der Waals surface area (Å²) in [5.74, 6) is 1.35. The molecule has 0 radical (unpaired) electrons. The Balaban J connectivity index is 1.96. The first-order valence-corrected chi connectivity index (χ1v) is 7.59. The first kappa shape index (κ1) is 16.1. The largest absolute Gasteiger partial charge is 0.493 e. The minimum Gasteiger partial charge on any atom is -0.493 e. The maximum atomic E-state index is 12.2. The summed E-state index contributed by atoms with van der Waals surface area (Å²) < 4.78 is 10.5. The molecule has 0 spiro atoms. The maximum absolute atomic E-state index is 12.2. The Labute approximate surface area is 144 Å². The zero-order chi connectivity index (χ0) is 17.1. The Bertz CT molecular complexity index is 859. The normalized spacial score (nSPS) is 15.2. The number of carbonyl (C=O) groups excluding carboxylic acids is 1. The number of hydrogen-bond donors (Lipinski definition) is 1. The van der Waals surface area contributed by atoms with Gasteiger partial charge in [0.05, 0.1) is 14.2 Å². The number of nitrogens with one attached hydrogen (secondary N) is 1. The molecule has 2 aromatic rings. The Kier molecular flexibility index (Phi) is 4.53. The fraction of sp³-hybridized carbons (Fsp3) is 0.111. The van der Waals surface area contributed by atoms with Gasteiger partial charge in [0.2, 0.25) is 0 Å². The predicted octanol–water partition coefficient (Wildman–Crippen LogP) is 3.27. The van der Waals surface area contributed by atoms with Crippen LogP contribution in [-0.4, -0.2) is 26.0 Å². The fourth-order valence-corrected chi connectivity index (χ4v) is 2.52. The van der Waals surface area contributed by atoms with Gasteiger partial charge in [-0.25, -0.2) is 4.99 Å². The van der Waals surface area contributed by atoms with Crippen LogP contribution >= 0.6 is 11.6 Å². The van der Waals surface area contributed by atoms with Crippen LogP contribution in [0.5, 0.6) is 11.5 Å². The summed E-state index contributed by atoms with van der Waals surface area (Å²) in [6.07, 6.45) is 1.66. The summed E-state index contributed by atoms with van der Waals surface area (Å²) >= 11 is 6.12. The van der Waals surface area contributed by atoms with E-state index < -0.39 is 0 Å². The molecule has 122 valence electrons. The first-order valence-electron chi connectivity index (χ1n) is 7.21. The topological polar surface area (TPSA) is 59.9 Å². The molecule has 1 heterocycles. The molecule has 0 bridgehead atoms. The number of methoxy groups -OCH3 is 2. The van der Waals surface area contributed by atoms with Crippen molar-refractivity contribution in [2.45, 2.75) is 0 Å². The van der Waals surface area contributed by atoms with Gasteiger partial charge in [0.25, 0.3) is 5.91 Å². The summed E-state index contributed by atoms with van der Waals surface area (Å²) in [6.45, 7) is 0.